The van der Waals surface area contributed by atoms with E-state index in [1.165, 1.54) is 41.8 Å². The van der Waals surface area contributed by atoms with Crippen molar-refractivity contribution in [2.45, 2.75) is 6.42 Å². The van der Waals surface area contributed by atoms with Crippen molar-refractivity contribution >= 4 is 11.6 Å². The lowest BCUT2D eigenvalue weighted by atomic mass is 10.1. The van der Waals surface area contributed by atoms with Crippen molar-refractivity contribution in [3.63, 3.8) is 0 Å². The van der Waals surface area contributed by atoms with E-state index in [2.05, 4.69) is 32.3 Å². The van der Waals surface area contributed by atoms with Gasteiger partial charge < -0.3 is 10.2 Å². The second-order valence-corrected chi connectivity index (χ2v) is 6.72. The number of rotatable bonds is 5. The molecule has 1 aromatic heterocycles. The fraction of sp³-hybridized carbons (Fsp3) is 0.182. The highest BCUT2D eigenvalue weighted by atomic mass is 19.1. The molecule has 0 radical (unpaired) electrons. The maximum atomic E-state index is 14.1. The molecule has 3 aromatic rings. The second-order valence-electron chi connectivity index (χ2n) is 6.72. The molecule has 0 saturated carbocycles. The van der Waals surface area contributed by atoms with Crippen molar-refractivity contribution in [1.82, 2.24) is 15.3 Å². The summed E-state index contributed by atoms with van der Waals surface area (Å²) in [6.07, 6.45) is 3.82. The zero-order valence-electron chi connectivity index (χ0n) is 15.6. The lowest BCUT2D eigenvalue weighted by molar-refractivity contribution is 0.0954. The first-order valence-electron chi connectivity index (χ1n) is 9.29. The molecule has 2 aromatic carbocycles. The van der Waals surface area contributed by atoms with Crippen LogP contribution in [0.2, 0.25) is 0 Å². The number of nitrogens with one attached hydrogen (secondary N) is 1. The largest absolute Gasteiger partial charge is 0.369 e. The Hall–Kier alpha value is -3.79. The summed E-state index contributed by atoms with van der Waals surface area (Å²) in [6, 6.07) is 14.1. The van der Waals surface area contributed by atoms with E-state index in [0.717, 1.165) is 13.0 Å². The number of anilines is 1. The van der Waals surface area contributed by atoms with Gasteiger partial charge in [0.15, 0.2) is 5.69 Å². The van der Waals surface area contributed by atoms with Gasteiger partial charge in [-0.25, -0.2) is 9.37 Å². The normalized spacial score (nSPS) is 12.3. The van der Waals surface area contributed by atoms with Crippen LogP contribution in [0.3, 0.4) is 0 Å². The molecule has 0 saturated heterocycles. The number of hydrogen-bond donors (Lipinski definition) is 1. The molecular formula is C22H18FN5O. The second kappa shape index (κ2) is 8.07. The van der Waals surface area contributed by atoms with E-state index < -0.39 is 5.82 Å². The van der Waals surface area contributed by atoms with Gasteiger partial charge in [0.1, 0.15) is 17.6 Å². The highest BCUT2D eigenvalue weighted by Crippen LogP contribution is 2.26. The molecule has 7 heteroatoms. The minimum Gasteiger partial charge on any atom is -0.369 e. The van der Waals surface area contributed by atoms with Crippen molar-refractivity contribution in [3.05, 3.63) is 77.5 Å². The summed E-state index contributed by atoms with van der Waals surface area (Å²) < 4.78 is 14.1. The van der Waals surface area contributed by atoms with Crippen molar-refractivity contribution in [3.8, 4) is 17.3 Å². The van der Waals surface area contributed by atoms with Gasteiger partial charge in [-0.2, -0.15) is 5.26 Å². The standard InChI is InChI=1S/C22H18FN5O/c23-18-12-16(21-19(14-24)25-6-7-26-21)11-17(13-18)22(29)27-8-10-28-9-5-15-3-1-2-4-20(15)28/h1-4,6-7,11-13H,5,8-10H2,(H,27,29). The van der Waals surface area contributed by atoms with Crippen LogP contribution >= 0.6 is 0 Å². The molecule has 1 amide bonds. The quantitative estimate of drug-likeness (QED) is 0.728. The molecule has 0 fully saturated rings. The Morgan fingerprint density at radius 1 is 1.21 bits per heavy atom. The van der Waals surface area contributed by atoms with Crippen LogP contribution in [-0.4, -0.2) is 35.5 Å². The van der Waals surface area contributed by atoms with Gasteiger partial charge in [-0.05, 0) is 36.2 Å². The summed E-state index contributed by atoms with van der Waals surface area (Å²) >= 11 is 0. The Bertz CT molecular complexity index is 1110. The first-order valence-corrected chi connectivity index (χ1v) is 9.29. The van der Waals surface area contributed by atoms with E-state index >= 15 is 0 Å². The monoisotopic (exact) mass is 387 g/mol. The van der Waals surface area contributed by atoms with Gasteiger partial charge in [0.2, 0.25) is 0 Å². The third kappa shape index (κ3) is 3.92. The number of fused-ring (bicyclic) bond motifs is 1. The average molecular weight is 387 g/mol. The molecule has 0 unspecified atom stereocenters. The highest BCUT2D eigenvalue weighted by Gasteiger charge is 2.18. The number of para-hydroxylation sites is 1. The van der Waals surface area contributed by atoms with Gasteiger partial charge >= 0.3 is 0 Å². The molecule has 1 aliphatic rings. The van der Waals surface area contributed by atoms with Crippen LogP contribution in [0.15, 0.2) is 54.9 Å². The first-order chi connectivity index (χ1) is 14.2. The summed E-state index contributed by atoms with van der Waals surface area (Å²) in [4.78, 5) is 22.8. The molecule has 1 N–H and O–H groups in total. The molecule has 0 aliphatic carbocycles. The van der Waals surface area contributed by atoms with Crippen LogP contribution in [-0.2, 0) is 6.42 Å². The van der Waals surface area contributed by atoms with Gasteiger partial charge in [-0.3, -0.25) is 9.78 Å². The number of carbonyl (C=O) groups is 1. The van der Waals surface area contributed by atoms with E-state index in [1.54, 1.807) is 0 Å². The number of hydrogen-bond acceptors (Lipinski definition) is 5. The molecule has 0 bridgehead atoms. The Labute approximate surface area is 167 Å². The Balaban J connectivity index is 1.46. The third-order valence-electron chi connectivity index (χ3n) is 4.89. The molecule has 144 valence electrons. The molecular weight excluding hydrogens is 369 g/mol. The fourth-order valence-corrected chi connectivity index (χ4v) is 3.53. The predicted octanol–water partition coefficient (Wildman–Crippen LogP) is 2.95. The maximum Gasteiger partial charge on any atom is 0.251 e. The van der Waals surface area contributed by atoms with Crippen molar-refractivity contribution < 1.29 is 9.18 Å². The van der Waals surface area contributed by atoms with Gasteiger partial charge in [0.05, 0.1) is 0 Å². The van der Waals surface area contributed by atoms with E-state index in [0.29, 0.717) is 18.7 Å². The minimum atomic E-state index is -0.573. The lowest BCUT2D eigenvalue weighted by Crippen LogP contribution is -2.34. The van der Waals surface area contributed by atoms with Gasteiger partial charge in [-0.15, -0.1) is 0 Å². The van der Waals surface area contributed by atoms with Gasteiger partial charge in [-0.1, -0.05) is 18.2 Å². The van der Waals surface area contributed by atoms with Crippen molar-refractivity contribution in [1.29, 1.82) is 5.26 Å². The zero-order chi connectivity index (χ0) is 20.2. The Kier molecular flexibility index (Phi) is 5.16. The third-order valence-corrected chi connectivity index (χ3v) is 4.89. The summed E-state index contributed by atoms with van der Waals surface area (Å²) in [5, 5.41) is 12.0. The fourth-order valence-electron chi connectivity index (χ4n) is 3.53. The van der Waals surface area contributed by atoms with Crippen molar-refractivity contribution in [2.24, 2.45) is 0 Å². The molecule has 29 heavy (non-hydrogen) atoms. The minimum absolute atomic E-state index is 0.0807. The van der Waals surface area contributed by atoms with Crippen LogP contribution in [0, 0.1) is 17.1 Å². The van der Waals surface area contributed by atoms with Gasteiger partial charge in [0.25, 0.3) is 5.91 Å². The van der Waals surface area contributed by atoms with Crippen LogP contribution < -0.4 is 10.2 Å². The number of amides is 1. The number of aromatic nitrogens is 2. The number of nitriles is 1. The summed E-state index contributed by atoms with van der Waals surface area (Å²) in [5.41, 5.74) is 3.35. The zero-order valence-corrected chi connectivity index (χ0v) is 15.6. The van der Waals surface area contributed by atoms with E-state index in [4.69, 9.17) is 0 Å². The van der Waals surface area contributed by atoms with Crippen molar-refractivity contribution in [2.75, 3.05) is 24.5 Å². The average Bonchev–Trinajstić information content (AvgIpc) is 3.16. The summed E-state index contributed by atoms with van der Waals surface area (Å²) in [5.74, 6) is -0.948. The predicted molar refractivity (Wildman–Crippen MR) is 107 cm³/mol. The molecule has 1 aliphatic heterocycles. The molecule has 2 heterocycles. The van der Waals surface area contributed by atoms with Gasteiger partial charge in [0, 0.05) is 48.8 Å². The lowest BCUT2D eigenvalue weighted by Gasteiger charge is -2.19. The molecule has 4 rings (SSSR count). The molecule has 0 atom stereocenters. The van der Waals surface area contributed by atoms with Crippen LogP contribution in [0.4, 0.5) is 10.1 Å². The van der Waals surface area contributed by atoms with Crippen LogP contribution in [0.1, 0.15) is 21.6 Å². The van der Waals surface area contributed by atoms with E-state index in [9.17, 15) is 14.4 Å². The van der Waals surface area contributed by atoms with E-state index in [-0.39, 0.29) is 22.9 Å². The van der Waals surface area contributed by atoms with Crippen LogP contribution in [0.5, 0.6) is 0 Å². The summed E-state index contributed by atoms with van der Waals surface area (Å²) in [6.45, 7) is 2.03. The number of benzene rings is 2. The topological polar surface area (TPSA) is 81.9 Å². The smallest absolute Gasteiger partial charge is 0.251 e. The molecule has 6 nitrogen and oxygen atoms in total. The SMILES string of the molecule is N#Cc1nccnc1-c1cc(F)cc(C(=O)NCCN2CCc3ccccc32)c1. The Morgan fingerprint density at radius 3 is 2.90 bits per heavy atom. The molecule has 0 spiro atoms. The Morgan fingerprint density at radius 2 is 2.03 bits per heavy atom. The number of halogens is 1. The summed E-state index contributed by atoms with van der Waals surface area (Å²) in [7, 11) is 0. The number of nitrogens with zero attached hydrogens (tertiary/aromatic N) is 4. The van der Waals surface area contributed by atoms with Crippen LogP contribution in [0.25, 0.3) is 11.3 Å². The van der Waals surface area contributed by atoms with E-state index in [1.807, 2.05) is 18.2 Å². The highest BCUT2D eigenvalue weighted by molar-refractivity contribution is 5.95. The number of carbonyl (C=O) groups excluding carboxylic acids is 1. The maximum absolute atomic E-state index is 14.1. The first kappa shape index (κ1) is 18.6.